The van der Waals surface area contributed by atoms with Gasteiger partial charge in [0.1, 0.15) is 11.2 Å². The Balaban J connectivity index is 1.21. The van der Waals surface area contributed by atoms with Crippen molar-refractivity contribution < 1.29 is 4.42 Å². The first kappa shape index (κ1) is 30.6. The molecule has 0 aliphatic carbocycles. The molecule has 1 heteroatoms. The van der Waals surface area contributed by atoms with Crippen molar-refractivity contribution in [3.63, 3.8) is 0 Å². The minimum absolute atomic E-state index is 0.916. The van der Waals surface area contributed by atoms with E-state index in [0.717, 1.165) is 33.1 Å². The highest BCUT2D eigenvalue weighted by Gasteiger charge is 2.16. The number of allylic oxidation sites excluding steroid dienone is 2. The first-order valence-electron chi connectivity index (χ1n) is 17.7. The number of para-hydroxylation sites is 2. The van der Waals surface area contributed by atoms with Crippen molar-refractivity contribution >= 4 is 55.6 Å². The van der Waals surface area contributed by atoms with Crippen LogP contribution in [0.5, 0.6) is 0 Å². The van der Waals surface area contributed by atoms with E-state index in [1.54, 1.807) is 0 Å². The van der Waals surface area contributed by atoms with Gasteiger partial charge in [0.2, 0.25) is 0 Å². The summed E-state index contributed by atoms with van der Waals surface area (Å²) in [7, 11) is 0. The number of benzene rings is 8. The monoisotopic (exact) mass is 652 g/mol. The van der Waals surface area contributed by atoms with Crippen molar-refractivity contribution in [2.24, 2.45) is 0 Å². The van der Waals surface area contributed by atoms with Crippen molar-refractivity contribution in [1.29, 1.82) is 0 Å². The van der Waals surface area contributed by atoms with Gasteiger partial charge in [0.15, 0.2) is 0 Å². The lowest BCUT2D eigenvalue weighted by Crippen LogP contribution is -2.29. The van der Waals surface area contributed by atoms with Crippen LogP contribution in [0.25, 0.3) is 100 Å². The summed E-state index contributed by atoms with van der Waals surface area (Å²) in [4.78, 5) is 0. The molecule has 0 aliphatic rings. The van der Waals surface area contributed by atoms with Crippen LogP contribution in [0, 0.1) is 0 Å². The summed E-state index contributed by atoms with van der Waals surface area (Å²) in [6.07, 6.45) is 8.81. The summed E-state index contributed by atoms with van der Waals surface area (Å²) >= 11 is 0. The fourth-order valence-electron chi connectivity index (χ4n) is 7.85. The molecule has 0 fully saturated rings. The molecule has 9 rings (SSSR count). The van der Waals surface area contributed by atoms with E-state index in [2.05, 4.69) is 184 Å². The SMILES string of the molecule is C\C=C/C=c1/c(-c2ccc(-c3cccc4ccccc34)cc2)c2ccccc2c(-c2ccc(-c3cccc4c3oc3ccccc34)cc2)/c1=C/C. The average molecular weight is 653 g/mol. The molecule has 9 aromatic rings. The summed E-state index contributed by atoms with van der Waals surface area (Å²) in [5.74, 6) is 0. The summed E-state index contributed by atoms with van der Waals surface area (Å²) in [6.45, 7) is 4.23. The van der Waals surface area contributed by atoms with E-state index < -0.39 is 0 Å². The van der Waals surface area contributed by atoms with Crippen LogP contribution in [0.2, 0.25) is 0 Å². The van der Waals surface area contributed by atoms with Crippen LogP contribution in [0.15, 0.2) is 174 Å². The molecule has 0 atom stereocenters. The molecule has 242 valence electrons. The predicted octanol–water partition coefficient (Wildman–Crippen LogP) is 12.7. The molecule has 0 unspecified atom stereocenters. The molecule has 0 spiro atoms. The van der Waals surface area contributed by atoms with Crippen LogP contribution < -0.4 is 10.4 Å². The van der Waals surface area contributed by atoms with Crippen molar-refractivity contribution in [2.45, 2.75) is 13.8 Å². The van der Waals surface area contributed by atoms with Gasteiger partial charge in [0.05, 0.1) is 0 Å². The normalized spacial score (nSPS) is 12.7. The van der Waals surface area contributed by atoms with E-state index in [0.29, 0.717) is 0 Å². The first-order valence-corrected chi connectivity index (χ1v) is 17.7. The third-order valence-corrected chi connectivity index (χ3v) is 10.2. The number of fused-ring (bicyclic) bond motifs is 5. The predicted molar refractivity (Wildman–Crippen MR) is 219 cm³/mol. The van der Waals surface area contributed by atoms with Crippen LogP contribution in [0.3, 0.4) is 0 Å². The summed E-state index contributed by atoms with van der Waals surface area (Å²) in [5, 5.41) is 9.75. The molecule has 51 heavy (non-hydrogen) atoms. The lowest BCUT2D eigenvalue weighted by atomic mass is 9.87. The number of furan rings is 1. The largest absolute Gasteiger partial charge is 0.455 e. The molecule has 0 aliphatic heterocycles. The number of hydrogen-bond acceptors (Lipinski definition) is 1. The second-order valence-corrected chi connectivity index (χ2v) is 13.1. The Bertz CT molecular complexity index is 2900. The smallest absolute Gasteiger partial charge is 0.143 e. The van der Waals surface area contributed by atoms with E-state index in [-0.39, 0.29) is 0 Å². The highest BCUT2D eigenvalue weighted by atomic mass is 16.3. The summed E-state index contributed by atoms with van der Waals surface area (Å²) in [6, 6.07) is 56.9. The standard InChI is InChI=1S/C50H36O/c1-3-5-16-43-38(4-2)48(36-31-27-35(28-32-36)41-22-13-23-46-42-18-10-11-24-47(42)51-50(41)46)44-19-8-9-20-45(44)49(43)37-29-25-34(26-30-37)40-21-12-15-33-14-6-7-17-39(33)40/h3-32H,1-2H3/b5-3-,38-4+,43-16+. The van der Waals surface area contributed by atoms with E-state index in [1.165, 1.54) is 65.4 Å². The van der Waals surface area contributed by atoms with E-state index in [1.807, 2.05) is 12.1 Å². The van der Waals surface area contributed by atoms with E-state index in [4.69, 9.17) is 4.42 Å². The Hall–Kier alpha value is -6.44. The maximum atomic E-state index is 6.39. The van der Waals surface area contributed by atoms with Crippen molar-refractivity contribution in [2.75, 3.05) is 0 Å². The van der Waals surface area contributed by atoms with Crippen LogP contribution >= 0.6 is 0 Å². The Labute approximate surface area is 297 Å². The van der Waals surface area contributed by atoms with Gasteiger partial charge in [-0.05, 0) is 90.8 Å². The lowest BCUT2D eigenvalue weighted by Gasteiger charge is -2.16. The Kier molecular flexibility index (Phi) is 7.67. The molecule has 1 nitrogen and oxygen atoms in total. The highest BCUT2D eigenvalue weighted by molar-refractivity contribution is 6.10. The van der Waals surface area contributed by atoms with Gasteiger partial charge < -0.3 is 4.42 Å². The van der Waals surface area contributed by atoms with Gasteiger partial charge >= 0.3 is 0 Å². The van der Waals surface area contributed by atoms with Crippen LogP contribution in [-0.4, -0.2) is 0 Å². The Morgan fingerprint density at radius 3 is 1.61 bits per heavy atom. The van der Waals surface area contributed by atoms with E-state index in [9.17, 15) is 0 Å². The topological polar surface area (TPSA) is 13.1 Å². The maximum absolute atomic E-state index is 6.39. The first-order chi connectivity index (χ1) is 25.2. The maximum Gasteiger partial charge on any atom is 0.143 e. The molecule has 0 N–H and O–H groups in total. The fraction of sp³-hybridized carbons (Fsp3) is 0.0400. The second kappa shape index (κ2) is 12.8. The molecule has 0 bridgehead atoms. The second-order valence-electron chi connectivity index (χ2n) is 13.1. The fourth-order valence-corrected chi connectivity index (χ4v) is 7.85. The quantitative estimate of drug-likeness (QED) is 0.180. The van der Waals surface area contributed by atoms with Gasteiger partial charge in [0, 0.05) is 16.3 Å². The third kappa shape index (κ3) is 5.18. The molecule has 0 saturated carbocycles. The van der Waals surface area contributed by atoms with Gasteiger partial charge in [-0.25, -0.2) is 0 Å². The van der Waals surface area contributed by atoms with Crippen molar-refractivity contribution in [1.82, 2.24) is 0 Å². The van der Waals surface area contributed by atoms with E-state index >= 15 is 0 Å². The zero-order valence-corrected chi connectivity index (χ0v) is 28.7. The summed E-state index contributed by atoms with van der Waals surface area (Å²) < 4.78 is 6.39. The van der Waals surface area contributed by atoms with Crippen LogP contribution in [-0.2, 0) is 0 Å². The van der Waals surface area contributed by atoms with Crippen LogP contribution in [0.1, 0.15) is 13.8 Å². The molecule has 0 saturated heterocycles. The van der Waals surface area contributed by atoms with Gasteiger partial charge in [0.25, 0.3) is 0 Å². The molecule has 0 radical (unpaired) electrons. The zero-order valence-electron chi connectivity index (χ0n) is 28.7. The number of rotatable bonds is 5. The Morgan fingerprint density at radius 2 is 0.922 bits per heavy atom. The van der Waals surface area contributed by atoms with Crippen molar-refractivity contribution in [3.8, 4) is 44.5 Å². The van der Waals surface area contributed by atoms with Gasteiger partial charge in [-0.1, -0.05) is 176 Å². The van der Waals surface area contributed by atoms with Gasteiger partial charge in [-0.15, -0.1) is 0 Å². The Morgan fingerprint density at radius 1 is 0.412 bits per heavy atom. The molecule has 1 heterocycles. The zero-order chi connectivity index (χ0) is 34.3. The minimum atomic E-state index is 0.916. The van der Waals surface area contributed by atoms with Crippen LogP contribution in [0.4, 0.5) is 0 Å². The molecular formula is C50H36O. The molecule has 0 amide bonds. The average Bonchev–Trinajstić information content (AvgIpc) is 3.58. The van der Waals surface area contributed by atoms with Gasteiger partial charge in [-0.2, -0.15) is 0 Å². The lowest BCUT2D eigenvalue weighted by molar-refractivity contribution is 0.670. The van der Waals surface area contributed by atoms with Crippen molar-refractivity contribution in [3.05, 3.63) is 180 Å². The molecular weight excluding hydrogens is 617 g/mol. The molecule has 1 aromatic heterocycles. The molecule has 8 aromatic carbocycles. The highest BCUT2D eigenvalue weighted by Crippen LogP contribution is 2.38. The third-order valence-electron chi connectivity index (χ3n) is 10.2. The summed E-state index contributed by atoms with van der Waals surface area (Å²) in [5.41, 5.74) is 11.4. The minimum Gasteiger partial charge on any atom is -0.455 e. The van der Waals surface area contributed by atoms with Gasteiger partial charge in [-0.3, -0.25) is 0 Å². The number of hydrogen-bond donors (Lipinski definition) is 0.